The van der Waals surface area contributed by atoms with Crippen molar-refractivity contribution in [3.63, 3.8) is 0 Å². The van der Waals surface area contributed by atoms with Gasteiger partial charge < -0.3 is 9.84 Å². The maximum Gasteiger partial charge on any atom is 0.132 e. The molecule has 0 spiro atoms. The molecule has 3 heteroatoms. The first kappa shape index (κ1) is 12.5. The summed E-state index contributed by atoms with van der Waals surface area (Å²) in [6.45, 7) is 2.16. The Hall–Kier alpha value is -1.51. The molecular formula is C16H15ClO2. The van der Waals surface area contributed by atoms with Crippen molar-refractivity contribution in [1.29, 1.82) is 0 Å². The van der Waals surface area contributed by atoms with E-state index in [0.29, 0.717) is 0 Å². The van der Waals surface area contributed by atoms with Crippen molar-refractivity contribution in [1.82, 2.24) is 0 Å². The Morgan fingerprint density at radius 1 is 1.26 bits per heavy atom. The number of ether oxygens (including phenoxy) is 1. The van der Waals surface area contributed by atoms with Crippen molar-refractivity contribution in [2.24, 2.45) is 0 Å². The van der Waals surface area contributed by atoms with E-state index in [0.717, 1.165) is 39.6 Å². The number of aliphatic hydroxyl groups is 1. The molecule has 0 aliphatic carbocycles. The van der Waals surface area contributed by atoms with E-state index in [-0.39, 0.29) is 12.5 Å². The van der Waals surface area contributed by atoms with E-state index < -0.39 is 0 Å². The van der Waals surface area contributed by atoms with Gasteiger partial charge in [0.2, 0.25) is 0 Å². The van der Waals surface area contributed by atoms with Crippen molar-refractivity contribution < 1.29 is 9.84 Å². The van der Waals surface area contributed by atoms with Crippen molar-refractivity contribution in [2.75, 3.05) is 6.61 Å². The van der Waals surface area contributed by atoms with Crippen molar-refractivity contribution in [2.45, 2.75) is 19.3 Å². The quantitative estimate of drug-likeness (QED) is 0.761. The molecule has 0 fully saturated rings. The fraction of sp³-hybridized carbons (Fsp3) is 0.250. The monoisotopic (exact) mass is 274 g/mol. The zero-order valence-electron chi connectivity index (χ0n) is 10.7. The third-order valence-corrected chi connectivity index (χ3v) is 3.94. The summed E-state index contributed by atoms with van der Waals surface area (Å²) in [5, 5.41) is 9.98. The Bertz CT molecular complexity index is 622. The number of aliphatic hydroxyl groups excluding tert-OH is 1. The maximum absolute atomic E-state index is 9.24. The van der Waals surface area contributed by atoms with Gasteiger partial charge >= 0.3 is 0 Å². The van der Waals surface area contributed by atoms with Crippen LogP contribution in [0.3, 0.4) is 0 Å². The van der Waals surface area contributed by atoms with E-state index in [9.17, 15) is 5.11 Å². The summed E-state index contributed by atoms with van der Waals surface area (Å²) < 4.78 is 5.88. The normalized spacial score (nSPS) is 14.3. The molecule has 1 unspecified atom stereocenters. The Morgan fingerprint density at radius 3 is 2.89 bits per heavy atom. The lowest BCUT2D eigenvalue weighted by Gasteiger charge is -2.22. The number of fused-ring (bicyclic) bond motifs is 2. The molecule has 19 heavy (non-hydrogen) atoms. The van der Waals surface area contributed by atoms with Gasteiger partial charge in [-0.05, 0) is 29.3 Å². The van der Waals surface area contributed by atoms with Gasteiger partial charge in [-0.1, -0.05) is 36.7 Å². The highest BCUT2D eigenvalue weighted by atomic mass is 35.5. The van der Waals surface area contributed by atoms with Crippen LogP contribution in [0.15, 0.2) is 36.4 Å². The molecule has 2 nitrogen and oxygen atoms in total. The number of benzene rings is 2. The molecule has 0 radical (unpaired) electrons. The minimum Gasteiger partial charge on any atom is -0.457 e. The minimum absolute atomic E-state index is 0.137. The highest BCUT2D eigenvalue weighted by molar-refractivity contribution is 6.31. The summed E-state index contributed by atoms with van der Waals surface area (Å²) in [5.41, 5.74) is 3.28. The summed E-state index contributed by atoms with van der Waals surface area (Å²) in [6, 6.07) is 11.8. The van der Waals surface area contributed by atoms with Crippen LogP contribution < -0.4 is 4.74 Å². The van der Waals surface area contributed by atoms with Crippen LogP contribution in [0.4, 0.5) is 0 Å². The van der Waals surface area contributed by atoms with E-state index in [1.165, 1.54) is 0 Å². The zero-order valence-corrected chi connectivity index (χ0v) is 11.4. The summed E-state index contributed by atoms with van der Waals surface area (Å²) in [7, 11) is 0. The molecule has 1 aliphatic rings. The molecule has 3 rings (SSSR count). The molecule has 0 amide bonds. The van der Waals surface area contributed by atoms with E-state index >= 15 is 0 Å². The van der Waals surface area contributed by atoms with Crippen LogP contribution in [0.1, 0.15) is 29.5 Å². The molecular weight excluding hydrogens is 260 g/mol. The SMILES string of the molecule is CC(CO)c1ccc2c(c1)Cc1c(Cl)cccc1O2. The van der Waals surface area contributed by atoms with Gasteiger partial charge in [-0.25, -0.2) is 0 Å². The van der Waals surface area contributed by atoms with Gasteiger partial charge in [0.25, 0.3) is 0 Å². The highest BCUT2D eigenvalue weighted by Gasteiger charge is 2.20. The second-order valence-corrected chi connectivity index (χ2v) is 5.35. The lowest BCUT2D eigenvalue weighted by molar-refractivity contribution is 0.273. The molecule has 2 aromatic rings. The van der Waals surface area contributed by atoms with Crippen LogP contribution in [-0.2, 0) is 6.42 Å². The molecule has 0 saturated carbocycles. The van der Waals surface area contributed by atoms with Gasteiger partial charge in [-0.2, -0.15) is 0 Å². The minimum atomic E-state index is 0.137. The molecule has 1 atom stereocenters. The maximum atomic E-state index is 9.24. The predicted molar refractivity (Wildman–Crippen MR) is 76.3 cm³/mol. The summed E-state index contributed by atoms with van der Waals surface area (Å²) in [4.78, 5) is 0. The van der Waals surface area contributed by atoms with Crippen LogP contribution in [0.25, 0.3) is 0 Å². The third-order valence-electron chi connectivity index (χ3n) is 3.59. The summed E-state index contributed by atoms with van der Waals surface area (Å²) >= 11 is 6.22. The Balaban J connectivity index is 2.01. The summed E-state index contributed by atoms with van der Waals surface area (Å²) in [5.74, 6) is 1.85. The smallest absolute Gasteiger partial charge is 0.132 e. The fourth-order valence-corrected chi connectivity index (χ4v) is 2.60. The molecule has 0 saturated heterocycles. The molecule has 0 bridgehead atoms. The lowest BCUT2D eigenvalue weighted by atomic mass is 9.94. The van der Waals surface area contributed by atoms with E-state index in [4.69, 9.17) is 16.3 Å². The molecule has 2 aromatic carbocycles. The average Bonchev–Trinajstić information content (AvgIpc) is 2.44. The second-order valence-electron chi connectivity index (χ2n) is 4.95. The number of rotatable bonds is 2. The van der Waals surface area contributed by atoms with Gasteiger partial charge in [-0.15, -0.1) is 0 Å². The van der Waals surface area contributed by atoms with Crippen molar-refractivity contribution >= 4 is 11.6 Å². The number of halogens is 1. The van der Waals surface area contributed by atoms with Crippen LogP contribution >= 0.6 is 11.6 Å². The zero-order chi connectivity index (χ0) is 13.4. The van der Waals surface area contributed by atoms with Crippen molar-refractivity contribution in [3.8, 4) is 11.5 Å². The van der Waals surface area contributed by atoms with Gasteiger partial charge in [0.05, 0.1) is 0 Å². The first-order valence-corrected chi connectivity index (χ1v) is 6.75. The average molecular weight is 275 g/mol. The Kier molecular flexibility index (Phi) is 3.21. The molecule has 1 heterocycles. The Labute approximate surface area is 117 Å². The topological polar surface area (TPSA) is 29.5 Å². The fourth-order valence-electron chi connectivity index (χ4n) is 2.36. The van der Waals surface area contributed by atoms with Gasteiger partial charge in [0, 0.05) is 29.5 Å². The van der Waals surface area contributed by atoms with Crippen LogP contribution in [0.2, 0.25) is 5.02 Å². The highest BCUT2D eigenvalue weighted by Crippen LogP contribution is 2.40. The predicted octanol–water partition coefficient (Wildman–Crippen LogP) is 4.13. The van der Waals surface area contributed by atoms with Gasteiger partial charge in [0.15, 0.2) is 0 Å². The van der Waals surface area contributed by atoms with Crippen LogP contribution in [-0.4, -0.2) is 11.7 Å². The summed E-state index contributed by atoms with van der Waals surface area (Å²) in [6.07, 6.45) is 0.774. The Morgan fingerprint density at radius 2 is 2.11 bits per heavy atom. The van der Waals surface area contributed by atoms with Crippen LogP contribution in [0, 0.1) is 0 Å². The van der Waals surface area contributed by atoms with Gasteiger partial charge in [-0.3, -0.25) is 0 Å². The molecule has 1 N–H and O–H groups in total. The standard InChI is InChI=1S/C16H15ClO2/c1-10(9-18)11-5-6-15-12(7-11)8-13-14(17)3-2-4-16(13)19-15/h2-7,10,18H,8-9H2,1H3. The first-order chi connectivity index (χ1) is 9.19. The van der Waals surface area contributed by atoms with Gasteiger partial charge in [0.1, 0.15) is 11.5 Å². The van der Waals surface area contributed by atoms with Crippen LogP contribution in [0.5, 0.6) is 11.5 Å². The first-order valence-electron chi connectivity index (χ1n) is 6.38. The number of hydrogen-bond donors (Lipinski definition) is 1. The molecule has 98 valence electrons. The van der Waals surface area contributed by atoms with E-state index in [1.807, 2.05) is 37.3 Å². The molecule has 0 aromatic heterocycles. The largest absolute Gasteiger partial charge is 0.457 e. The van der Waals surface area contributed by atoms with E-state index in [1.54, 1.807) is 0 Å². The molecule has 1 aliphatic heterocycles. The van der Waals surface area contributed by atoms with Crippen molar-refractivity contribution in [3.05, 3.63) is 58.1 Å². The second kappa shape index (κ2) is 4.87. The third kappa shape index (κ3) is 2.22. The van der Waals surface area contributed by atoms with E-state index in [2.05, 4.69) is 6.07 Å². The number of hydrogen-bond acceptors (Lipinski definition) is 2. The lowest BCUT2D eigenvalue weighted by Crippen LogP contribution is -2.06.